The molecule has 0 spiro atoms. The normalized spacial score (nSPS) is 18.3. The molecule has 4 heterocycles. The molecule has 1 atom stereocenters. The van der Waals surface area contributed by atoms with Gasteiger partial charge in [0, 0.05) is 43.2 Å². The van der Waals surface area contributed by atoms with Gasteiger partial charge in [-0.1, -0.05) is 12.1 Å². The number of anilines is 1. The summed E-state index contributed by atoms with van der Waals surface area (Å²) in [7, 11) is 1.65. The summed E-state index contributed by atoms with van der Waals surface area (Å²) in [5.41, 5.74) is 0.407. The van der Waals surface area contributed by atoms with Crippen molar-refractivity contribution in [1.82, 2.24) is 19.9 Å². The van der Waals surface area contributed by atoms with Gasteiger partial charge in [-0.05, 0) is 50.8 Å². The molecular weight excluding hydrogens is 583 g/mol. The highest BCUT2D eigenvalue weighted by Gasteiger charge is 2.33. The Kier molecular flexibility index (Phi) is 9.42. The molecule has 3 aromatic rings. The third-order valence-electron chi connectivity index (χ3n) is 8.17. The van der Waals surface area contributed by atoms with Gasteiger partial charge in [0.1, 0.15) is 16.5 Å². The van der Waals surface area contributed by atoms with E-state index in [1.54, 1.807) is 13.2 Å². The number of halogens is 3. The fourth-order valence-electron chi connectivity index (χ4n) is 5.76. The number of thiazole rings is 1. The van der Waals surface area contributed by atoms with Crippen molar-refractivity contribution in [2.45, 2.75) is 57.8 Å². The zero-order valence-electron chi connectivity index (χ0n) is 24.1. The smallest absolute Gasteiger partial charge is 0.416 e. The first-order chi connectivity index (χ1) is 20.5. The lowest BCUT2D eigenvalue weighted by atomic mass is 9.97. The standard InChI is InChI=1S/C30H34F3N5O4S/c1-18-5-6-20(12-22(18)30(31,32)33)28-25(16-38-9-3-4-21(38)17-42-2)43-27(36-28)13-24(39)23-14-35-26(15-34-23)37-10-7-19(8-11-37)29(40)41/h5-6,12,14-15,19,21H,3-4,7-11,13,16-17H2,1-2H3,(H,40,41)/t21-/m0/s1. The van der Waals surface area contributed by atoms with E-state index in [2.05, 4.69) is 14.9 Å². The number of ketones is 1. The van der Waals surface area contributed by atoms with Crippen LogP contribution in [0.5, 0.6) is 0 Å². The van der Waals surface area contributed by atoms with Crippen LogP contribution in [-0.4, -0.2) is 76.1 Å². The van der Waals surface area contributed by atoms with E-state index in [1.807, 2.05) is 4.90 Å². The Hall–Kier alpha value is -3.42. The van der Waals surface area contributed by atoms with Gasteiger partial charge in [-0.3, -0.25) is 14.5 Å². The first-order valence-electron chi connectivity index (χ1n) is 14.3. The molecular formula is C30H34F3N5O4S. The summed E-state index contributed by atoms with van der Waals surface area (Å²) in [4.78, 5) is 42.8. The molecule has 230 valence electrons. The fraction of sp³-hybridized carbons (Fsp3) is 0.500. The maximum absolute atomic E-state index is 13.7. The minimum Gasteiger partial charge on any atom is -0.481 e. The van der Waals surface area contributed by atoms with Gasteiger partial charge in [-0.15, -0.1) is 11.3 Å². The van der Waals surface area contributed by atoms with Crippen molar-refractivity contribution in [1.29, 1.82) is 0 Å². The van der Waals surface area contributed by atoms with Crippen molar-refractivity contribution in [3.63, 3.8) is 0 Å². The maximum Gasteiger partial charge on any atom is 0.416 e. The average molecular weight is 618 g/mol. The molecule has 0 radical (unpaired) electrons. The number of Topliss-reactive ketones (excluding diaryl/α,β-unsaturated/α-hetero) is 1. The van der Waals surface area contributed by atoms with E-state index in [4.69, 9.17) is 9.72 Å². The molecule has 13 heteroatoms. The minimum atomic E-state index is -4.50. The lowest BCUT2D eigenvalue weighted by molar-refractivity contribution is -0.142. The number of carbonyl (C=O) groups is 2. The molecule has 1 aromatic carbocycles. The van der Waals surface area contributed by atoms with Gasteiger partial charge in [-0.2, -0.15) is 13.2 Å². The Balaban J connectivity index is 1.37. The minimum absolute atomic E-state index is 0.0603. The van der Waals surface area contributed by atoms with Crippen molar-refractivity contribution >= 4 is 28.9 Å². The van der Waals surface area contributed by atoms with E-state index in [0.29, 0.717) is 61.2 Å². The third kappa shape index (κ3) is 7.22. The third-order valence-corrected chi connectivity index (χ3v) is 9.21. The Bertz CT molecular complexity index is 1450. The van der Waals surface area contributed by atoms with Gasteiger partial charge >= 0.3 is 12.1 Å². The van der Waals surface area contributed by atoms with Crippen LogP contribution in [0.4, 0.5) is 19.0 Å². The SMILES string of the molecule is COC[C@@H]1CCCN1Cc1sc(CC(=O)c2cnc(N3CCC(C(=O)O)CC3)cn2)nc1-c1ccc(C)c(C(F)(F)F)c1. The molecule has 1 N–H and O–H groups in total. The number of likely N-dealkylation sites (tertiary alicyclic amines) is 1. The number of carboxylic acid groups (broad SMARTS) is 1. The molecule has 0 amide bonds. The maximum atomic E-state index is 13.7. The predicted molar refractivity (Wildman–Crippen MR) is 155 cm³/mol. The number of hydrogen-bond acceptors (Lipinski definition) is 9. The number of hydrogen-bond donors (Lipinski definition) is 1. The fourth-order valence-corrected chi connectivity index (χ4v) is 6.88. The molecule has 2 saturated heterocycles. The quantitative estimate of drug-likeness (QED) is 0.305. The summed E-state index contributed by atoms with van der Waals surface area (Å²) in [6, 6.07) is 4.45. The highest BCUT2D eigenvalue weighted by Crippen LogP contribution is 2.37. The van der Waals surface area contributed by atoms with Gasteiger partial charge in [-0.25, -0.2) is 15.0 Å². The number of methoxy groups -OCH3 is 1. The van der Waals surface area contributed by atoms with Crippen molar-refractivity contribution < 1.29 is 32.6 Å². The van der Waals surface area contributed by atoms with E-state index in [-0.39, 0.29) is 35.4 Å². The number of carbonyl (C=O) groups excluding carboxylic acids is 1. The van der Waals surface area contributed by atoms with Crippen LogP contribution in [0.1, 0.15) is 57.2 Å². The van der Waals surface area contributed by atoms with E-state index >= 15 is 0 Å². The molecule has 0 unspecified atom stereocenters. The summed E-state index contributed by atoms with van der Waals surface area (Å²) in [5.74, 6) is -0.878. The van der Waals surface area contributed by atoms with Gasteiger partial charge in [0.2, 0.25) is 0 Å². The van der Waals surface area contributed by atoms with Crippen molar-refractivity contribution in [2.75, 3.05) is 38.3 Å². The summed E-state index contributed by atoms with van der Waals surface area (Å²) in [6.45, 7) is 4.42. The highest BCUT2D eigenvalue weighted by atomic mass is 32.1. The highest BCUT2D eigenvalue weighted by molar-refractivity contribution is 7.12. The number of benzene rings is 1. The lowest BCUT2D eigenvalue weighted by Crippen LogP contribution is -2.36. The second-order valence-electron chi connectivity index (χ2n) is 11.1. The number of aliphatic carboxylic acids is 1. The van der Waals surface area contributed by atoms with E-state index in [9.17, 15) is 27.9 Å². The van der Waals surface area contributed by atoms with Crippen LogP contribution in [0.2, 0.25) is 0 Å². The van der Waals surface area contributed by atoms with Crippen LogP contribution in [-0.2, 0) is 28.7 Å². The lowest BCUT2D eigenvalue weighted by Gasteiger charge is -2.30. The number of rotatable bonds is 10. The molecule has 2 aliphatic rings. The topological polar surface area (TPSA) is 109 Å². The Morgan fingerprint density at radius 1 is 1.12 bits per heavy atom. The molecule has 0 bridgehead atoms. The summed E-state index contributed by atoms with van der Waals surface area (Å²) in [6.07, 6.45) is 1.38. The van der Waals surface area contributed by atoms with Crippen molar-refractivity contribution in [3.8, 4) is 11.3 Å². The van der Waals surface area contributed by atoms with Crippen molar-refractivity contribution in [2.24, 2.45) is 5.92 Å². The molecule has 2 fully saturated rings. The second-order valence-corrected chi connectivity index (χ2v) is 12.3. The van der Waals surface area contributed by atoms with Crippen LogP contribution in [0, 0.1) is 12.8 Å². The summed E-state index contributed by atoms with van der Waals surface area (Å²) >= 11 is 1.33. The predicted octanol–water partition coefficient (Wildman–Crippen LogP) is 5.26. The van der Waals surface area contributed by atoms with Crippen LogP contribution >= 0.6 is 11.3 Å². The molecule has 2 aromatic heterocycles. The molecule has 9 nitrogen and oxygen atoms in total. The molecule has 5 rings (SSSR count). The number of aryl methyl sites for hydroxylation is 1. The van der Waals surface area contributed by atoms with E-state index in [1.165, 1.54) is 36.7 Å². The second kappa shape index (κ2) is 13.1. The first-order valence-corrected chi connectivity index (χ1v) is 15.1. The van der Waals surface area contributed by atoms with Crippen molar-refractivity contribution in [3.05, 3.63) is 57.3 Å². The monoisotopic (exact) mass is 617 g/mol. The average Bonchev–Trinajstić information content (AvgIpc) is 3.59. The van der Waals surface area contributed by atoms with Gasteiger partial charge in [0.25, 0.3) is 0 Å². The molecule has 0 aliphatic carbocycles. The molecule has 2 aliphatic heterocycles. The zero-order valence-corrected chi connectivity index (χ0v) is 24.9. The Morgan fingerprint density at radius 2 is 1.88 bits per heavy atom. The van der Waals surface area contributed by atoms with Gasteiger partial charge in [0.15, 0.2) is 5.78 Å². The van der Waals surface area contributed by atoms with Crippen LogP contribution in [0.3, 0.4) is 0 Å². The van der Waals surface area contributed by atoms with E-state index < -0.39 is 17.7 Å². The van der Waals surface area contributed by atoms with Crippen LogP contribution < -0.4 is 4.90 Å². The Morgan fingerprint density at radius 3 is 2.53 bits per heavy atom. The number of alkyl halides is 3. The molecule has 43 heavy (non-hydrogen) atoms. The van der Waals surface area contributed by atoms with Crippen LogP contribution in [0.25, 0.3) is 11.3 Å². The van der Waals surface area contributed by atoms with Gasteiger partial charge in [0.05, 0.1) is 42.6 Å². The number of piperidine rings is 1. The first kappa shape index (κ1) is 31.0. The molecule has 0 saturated carbocycles. The number of carboxylic acids is 1. The van der Waals surface area contributed by atoms with Gasteiger partial charge < -0.3 is 14.7 Å². The summed E-state index contributed by atoms with van der Waals surface area (Å²) < 4.78 is 46.6. The zero-order chi connectivity index (χ0) is 30.7. The summed E-state index contributed by atoms with van der Waals surface area (Å²) in [5, 5.41) is 9.71. The number of nitrogens with zero attached hydrogens (tertiary/aromatic N) is 5. The Labute approximate surface area is 251 Å². The van der Waals surface area contributed by atoms with Crippen LogP contribution in [0.15, 0.2) is 30.6 Å². The largest absolute Gasteiger partial charge is 0.481 e. The van der Waals surface area contributed by atoms with E-state index in [0.717, 1.165) is 30.3 Å². The number of aromatic nitrogens is 3. The number of ether oxygens (including phenoxy) is 1.